The third kappa shape index (κ3) is 2.63. The van der Waals surface area contributed by atoms with Gasteiger partial charge < -0.3 is 14.2 Å². The minimum atomic E-state index is -0.270. The summed E-state index contributed by atoms with van der Waals surface area (Å²) in [6, 6.07) is 0. The Kier molecular flexibility index (Phi) is 3.15. The summed E-state index contributed by atoms with van der Waals surface area (Å²) in [6.07, 6.45) is 0.181. The molecule has 0 aliphatic carbocycles. The predicted molar refractivity (Wildman–Crippen MR) is 59.4 cm³/mol. The van der Waals surface area contributed by atoms with Gasteiger partial charge >= 0.3 is 0 Å². The quantitative estimate of drug-likeness (QED) is 0.754. The van der Waals surface area contributed by atoms with Crippen LogP contribution in [0.3, 0.4) is 0 Å². The molecule has 1 aromatic rings. The Labute approximate surface area is 99.9 Å². The number of morpholine rings is 1. The maximum Gasteiger partial charge on any atom is 0.230 e. The second-order valence-electron chi connectivity index (χ2n) is 4.82. The fourth-order valence-electron chi connectivity index (χ4n) is 1.96. The lowest BCUT2D eigenvalue weighted by atomic mass is 10.0. The Bertz CT molecular complexity index is 414. The molecule has 0 atom stereocenters. The number of rotatable bonds is 2. The summed E-state index contributed by atoms with van der Waals surface area (Å²) in [6.45, 7) is 7.45. The van der Waals surface area contributed by atoms with Crippen LogP contribution in [0.1, 0.15) is 25.6 Å². The van der Waals surface area contributed by atoms with E-state index in [2.05, 4.69) is 10.1 Å². The van der Waals surface area contributed by atoms with Gasteiger partial charge in [0.25, 0.3) is 0 Å². The van der Waals surface area contributed by atoms with Crippen molar-refractivity contribution in [3.8, 4) is 0 Å². The molecule has 1 fully saturated rings. The first-order valence-electron chi connectivity index (χ1n) is 5.66. The summed E-state index contributed by atoms with van der Waals surface area (Å²) >= 11 is 0. The number of carbonyl (C=O) groups excluding carboxylic acids is 1. The summed E-state index contributed by atoms with van der Waals surface area (Å²) in [5.41, 5.74) is -0.270. The molecule has 1 amide bonds. The van der Waals surface area contributed by atoms with E-state index in [0.29, 0.717) is 31.5 Å². The summed E-state index contributed by atoms with van der Waals surface area (Å²) in [5, 5.41) is 3.73. The molecular formula is C11H17N3O3. The molecule has 0 radical (unpaired) electrons. The van der Waals surface area contributed by atoms with Crippen molar-refractivity contribution in [1.82, 2.24) is 15.0 Å². The number of ether oxygens (including phenoxy) is 1. The van der Waals surface area contributed by atoms with Crippen LogP contribution in [0.2, 0.25) is 0 Å². The van der Waals surface area contributed by atoms with Crippen molar-refractivity contribution in [2.75, 3.05) is 19.8 Å². The first-order valence-corrected chi connectivity index (χ1v) is 5.66. The summed E-state index contributed by atoms with van der Waals surface area (Å²) < 4.78 is 10.2. The third-order valence-corrected chi connectivity index (χ3v) is 2.83. The third-order valence-electron chi connectivity index (χ3n) is 2.83. The molecule has 2 rings (SSSR count). The molecule has 2 heterocycles. The van der Waals surface area contributed by atoms with Crippen LogP contribution in [0.5, 0.6) is 0 Å². The molecule has 17 heavy (non-hydrogen) atoms. The molecule has 0 unspecified atom stereocenters. The molecule has 6 nitrogen and oxygen atoms in total. The minimum Gasteiger partial charge on any atom is -0.377 e. The van der Waals surface area contributed by atoms with Gasteiger partial charge in [0.05, 0.1) is 25.2 Å². The first kappa shape index (κ1) is 12.0. The first-order chi connectivity index (χ1) is 7.99. The molecule has 6 heteroatoms. The average Bonchev–Trinajstić information content (AvgIpc) is 2.63. The lowest BCUT2D eigenvalue weighted by Gasteiger charge is -2.42. The van der Waals surface area contributed by atoms with E-state index in [1.165, 1.54) is 0 Å². The Hall–Kier alpha value is -1.43. The Morgan fingerprint density at radius 3 is 2.88 bits per heavy atom. The normalized spacial score (nSPS) is 19.4. The summed E-state index contributed by atoms with van der Waals surface area (Å²) in [4.78, 5) is 18.0. The van der Waals surface area contributed by atoms with Crippen molar-refractivity contribution in [3.63, 3.8) is 0 Å². The second-order valence-corrected chi connectivity index (χ2v) is 4.82. The number of aromatic nitrogens is 2. The smallest absolute Gasteiger partial charge is 0.230 e. The Balaban J connectivity index is 2.04. The van der Waals surface area contributed by atoms with Gasteiger partial charge in [-0.3, -0.25) is 4.79 Å². The summed E-state index contributed by atoms with van der Waals surface area (Å²) in [7, 11) is 0. The molecule has 0 bridgehead atoms. The van der Waals surface area contributed by atoms with Crippen LogP contribution in [-0.2, 0) is 16.0 Å². The van der Waals surface area contributed by atoms with Crippen LogP contribution in [0.4, 0.5) is 0 Å². The molecule has 1 aliphatic rings. The number of nitrogens with zero attached hydrogens (tertiary/aromatic N) is 3. The highest BCUT2D eigenvalue weighted by molar-refractivity contribution is 5.78. The van der Waals surface area contributed by atoms with E-state index >= 15 is 0 Å². The average molecular weight is 239 g/mol. The zero-order valence-corrected chi connectivity index (χ0v) is 10.4. The molecule has 1 aliphatic heterocycles. The molecule has 1 aromatic heterocycles. The van der Waals surface area contributed by atoms with Crippen molar-refractivity contribution in [2.45, 2.75) is 32.7 Å². The number of hydrogen-bond donors (Lipinski definition) is 0. The van der Waals surface area contributed by atoms with Gasteiger partial charge in [-0.25, -0.2) is 0 Å². The maximum absolute atomic E-state index is 12.1. The number of amides is 1. The van der Waals surface area contributed by atoms with E-state index in [1.54, 1.807) is 6.92 Å². The molecular weight excluding hydrogens is 222 g/mol. The van der Waals surface area contributed by atoms with Crippen LogP contribution >= 0.6 is 0 Å². The van der Waals surface area contributed by atoms with E-state index < -0.39 is 0 Å². The number of hydrogen-bond acceptors (Lipinski definition) is 5. The zero-order chi connectivity index (χ0) is 12.5. The predicted octanol–water partition coefficient (Wildman–Crippen LogP) is 0.558. The second kappa shape index (κ2) is 4.44. The number of aryl methyl sites for hydroxylation is 1. The Morgan fingerprint density at radius 1 is 1.53 bits per heavy atom. The molecule has 1 saturated heterocycles. The fourth-order valence-corrected chi connectivity index (χ4v) is 1.96. The largest absolute Gasteiger partial charge is 0.377 e. The highest BCUT2D eigenvalue weighted by Crippen LogP contribution is 2.19. The van der Waals surface area contributed by atoms with Crippen LogP contribution < -0.4 is 0 Å². The van der Waals surface area contributed by atoms with E-state index in [4.69, 9.17) is 9.26 Å². The van der Waals surface area contributed by atoms with E-state index in [0.717, 1.165) is 0 Å². The van der Waals surface area contributed by atoms with E-state index in [-0.39, 0.29) is 17.9 Å². The van der Waals surface area contributed by atoms with Crippen LogP contribution in [0.25, 0.3) is 0 Å². The molecule has 0 aromatic carbocycles. The van der Waals surface area contributed by atoms with Gasteiger partial charge in [-0.2, -0.15) is 4.98 Å². The van der Waals surface area contributed by atoms with Crippen molar-refractivity contribution in [1.29, 1.82) is 0 Å². The highest BCUT2D eigenvalue weighted by Gasteiger charge is 2.34. The monoisotopic (exact) mass is 239 g/mol. The van der Waals surface area contributed by atoms with Crippen LogP contribution in [-0.4, -0.2) is 46.2 Å². The maximum atomic E-state index is 12.1. The van der Waals surface area contributed by atoms with Crippen molar-refractivity contribution in [2.24, 2.45) is 0 Å². The number of carbonyl (C=O) groups is 1. The zero-order valence-electron chi connectivity index (χ0n) is 10.4. The van der Waals surface area contributed by atoms with Crippen molar-refractivity contribution < 1.29 is 14.1 Å². The SMILES string of the molecule is Cc1nc(CC(=O)N2CCOCC2(C)C)no1. The lowest BCUT2D eigenvalue weighted by Crippen LogP contribution is -2.56. The molecule has 0 N–H and O–H groups in total. The van der Waals surface area contributed by atoms with Crippen LogP contribution in [0, 0.1) is 6.92 Å². The molecule has 94 valence electrons. The fraction of sp³-hybridized carbons (Fsp3) is 0.727. The summed E-state index contributed by atoms with van der Waals surface area (Å²) in [5.74, 6) is 0.933. The molecule has 0 saturated carbocycles. The van der Waals surface area contributed by atoms with Gasteiger partial charge in [0, 0.05) is 13.5 Å². The van der Waals surface area contributed by atoms with Gasteiger partial charge in [0.15, 0.2) is 5.82 Å². The van der Waals surface area contributed by atoms with E-state index in [9.17, 15) is 4.79 Å². The van der Waals surface area contributed by atoms with Crippen molar-refractivity contribution in [3.05, 3.63) is 11.7 Å². The highest BCUT2D eigenvalue weighted by atomic mass is 16.5. The van der Waals surface area contributed by atoms with Gasteiger partial charge in [0.1, 0.15) is 0 Å². The topological polar surface area (TPSA) is 68.5 Å². The van der Waals surface area contributed by atoms with Gasteiger partial charge in [-0.05, 0) is 13.8 Å². The van der Waals surface area contributed by atoms with Gasteiger partial charge in [0.2, 0.25) is 11.8 Å². The van der Waals surface area contributed by atoms with E-state index in [1.807, 2.05) is 18.7 Å². The van der Waals surface area contributed by atoms with Crippen LogP contribution in [0.15, 0.2) is 4.52 Å². The lowest BCUT2D eigenvalue weighted by molar-refractivity contribution is -0.145. The Morgan fingerprint density at radius 2 is 2.29 bits per heavy atom. The van der Waals surface area contributed by atoms with Crippen molar-refractivity contribution >= 4 is 5.91 Å². The molecule has 0 spiro atoms. The minimum absolute atomic E-state index is 0.0131. The van der Waals surface area contributed by atoms with Gasteiger partial charge in [-0.15, -0.1) is 0 Å². The van der Waals surface area contributed by atoms with Gasteiger partial charge in [-0.1, -0.05) is 5.16 Å². The standard InChI is InChI=1S/C11H17N3O3/c1-8-12-9(13-17-8)6-10(15)14-4-5-16-7-11(14,2)3/h4-7H2,1-3H3.